The zero-order valence-electron chi connectivity index (χ0n) is 17.0. The molecule has 5 nitrogen and oxygen atoms in total. The molecule has 0 bridgehead atoms. The van der Waals surface area contributed by atoms with Gasteiger partial charge in [0.1, 0.15) is 0 Å². The van der Waals surface area contributed by atoms with Gasteiger partial charge in [0.25, 0.3) is 11.1 Å². The number of ether oxygens (including phenoxy) is 2. The number of aryl methyl sites for hydroxylation is 1. The van der Waals surface area contributed by atoms with Crippen LogP contribution in [0.15, 0.2) is 47.4 Å². The Balaban J connectivity index is 1.73. The number of rotatable bonds is 9. The minimum atomic E-state index is -0.236. The van der Waals surface area contributed by atoms with Crippen LogP contribution in [0, 0.1) is 3.57 Å². The van der Waals surface area contributed by atoms with E-state index in [1.54, 1.807) is 6.08 Å². The van der Waals surface area contributed by atoms with Crippen LogP contribution in [0.2, 0.25) is 0 Å². The molecule has 1 aliphatic heterocycles. The topological polar surface area (TPSA) is 55.8 Å². The highest BCUT2D eigenvalue weighted by Crippen LogP contribution is 2.37. The second kappa shape index (κ2) is 10.9. The molecule has 30 heavy (non-hydrogen) atoms. The molecule has 158 valence electrons. The Hall–Kier alpha value is -2.00. The summed E-state index contributed by atoms with van der Waals surface area (Å²) >= 11 is 3.18. The first-order valence-corrected chi connectivity index (χ1v) is 11.8. The van der Waals surface area contributed by atoms with Crippen molar-refractivity contribution in [2.45, 2.75) is 26.7 Å². The van der Waals surface area contributed by atoms with Crippen molar-refractivity contribution in [2.24, 2.45) is 0 Å². The summed E-state index contributed by atoms with van der Waals surface area (Å²) in [7, 11) is 0. The van der Waals surface area contributed by atoms with E-state index in [1.165, 1.54) is 10.5 Å². The maximum Gasteiger partial charge on any atom is 0.293 e. The summed E-state index contributed by atoms with van der Waals surface area (Å²) in [4.78, 5) is 26.9. The summed E-state index contributed by atoms with van der Waals surface area (Å²) in [6.45, 7) is 5.31. The molecule has 0 atom stereocenters. The lowest BCUT2D eigenvalue weighted by Crippen LogP contribution is -2.29. The first-order chi connectivity index (χ1) is 14.5. The van der Waals surface area contributed by atoms with Gasteiger partial charge in [0.2, 0.25) is 0 Å². The van der Waals surface area contributed by atoms with E-state index in [2.05, 4.69) is 34.7 Å². The molecule has 2 aromatic carbocycles. The second-order valence-electron chi connectivity index (χ2n) is 6.62. The summed E-state index contributed by atoms with van der Waals surface area (Å²) in [5.74, 6) is 1.10. The maximum absolute atomic E-state index is 12.8. The van der Waals surface area contributed by atoms with E-state index in [0.717, 1.165) is 33.7 Å². The van der Waals surface area contributed by atoms with Crippen LogP contribution in [-0.2, 0) is 11.2 Å². The van der Waals surface area contributed by atoms with Gasteiger partial charge >= 0.3 is 0 Å². The lowest BCUT2D eigenvalue weighted by molar-refractivity contribution is -0.122. The normalized spacial score (nSPS) is 15.2. The minimum absolute atomic E-state index is 0.218. The van der Waals surface area contributed by atoms with Crippen LogP contribution in [0.4, 0.5) is 4.79 Å². The van der Waals surface area contributed by atoms with Crippen LogP contribution in [0.5, 0.6) is 11.5 Å². The molecule has 0 unspecified atom stereocenters. The number of hydrogen-bond donors (Lipinski definition) is 0. The lowest BCUT2D eigenvalue weighted by Gasteiger charge is -2.14. The van der Waals surface area contributed by atoms with Gasteiger partial charge < -0.3 is 9.47 Å². The van der Waals surface area contributed by atoms with E-state index >= 15 is 0 Å². The average Bonchev–Trinajstić information content (AvgIpc) is 2.99. The van der Waals surface area contributed by atoms with Gasteiger partial charge in [0.05, 0.1) is 21.7 Å². The van der Waals surface area contributed by atoms with Gasteiger partial charge in [-0.3, -0.25) is 14.5 Å². The predicted molar refractivity (Wildman–Crippen MR) is 129 cm³/mol. The number of carbonyl (C=O) groups is 2. The number of benzene rings is 2. The fraction of sp³-hybridized carbons (Fsp3) is 0.304. The van der Waals surface area contributed by atoms with Crippen LogP contribution in [0.25, 0.3) is 6.08 Å². The zero-order valence-corrected chi connectivity index (χ0v) is 20.0. The molecule has 7 heteroatoms. The van der Waals surface area contributed by atoms with Crippen molar-refractivity contribution in [2.75, 3.05) is 19.8 Å². The quantitative estimate of drug-likeness (QED) is 0.301. The SMILES string of the molecule is CCOc1cc(/C=C2/SC(=O)N(CCCc3ccccc3)C2=O)cc(I)c1OCC. The molecule has 0 spiro atoms. The van der Waals surface area contributed by atoms with E-state index in [1.807, 2.05) is 44.2 Å². The highest BCUT2D eigenvalue weighted by atomic mass is 127. The number of carbonyl (C=O) groups excluding carboxylic acids is 2. The van der Waals surface area contributed by atoms with E-state index in [-0.39, 0.29) is 11.1 Å². The zero-order chi connectivity index (χ0) is 21.5. The number of hydrogen-bond acceptors (Lipinski definition) is 5. The number of thioether (sulfide) groups is 1. The number of imide groups is 1. The summed E-state index contributed by atoms with van der Waals surface area (Å²) in [5, 5.41) is -0.218. The van der Waals surface area contributed by atoms with Gasteiger partial charge in [-0.2, -0.15) is 0 Å². The Morgan fingerprint density at radius 3 is 2.50 bits per heavy atom. The van der Waals surface area contributed by atoms with Crippen LogP contribution in [0.3, 0.4) is 0 Å². The number of nitrogens with zero attached hydrogens (tertiary/aromatic N) is 1. The molecule has 1 fully saturated rings. The molecule has 0 saturated carbocycles. The summed E-state index contributed by atoms with van der Waals surface area (Å²) in [6, 6.07) is 13.8. The highest BCUT2D eigenvalue weighted by molar-refractivity contribution is 14.1. The molecule has 0 aliphatic carbocycles. The van der Waals surface area contributed by atoms with E-state index < -0.39 is 0 Å². The van der Waals surface area contributed by atoms with Crippen molar-refractivity contribution >= 4 is 51.6 Å². The molecule has 0 radical (unpaired) electrons. The molecular formula is C23H24INO4S. The molecule has 0 aromatic heterocycles. The third kappa shape index (κ3) is 5.57. The van der Waals surface area contributed by atoms with Gasteiger partial charge in [-0.1, -0.05) is 30.3 Å². The molecule has 1 heterocycles. The molecular weight excluding hydrogens is 513 g/mol. The maximum atomic E-state index is 12.8. The van der Waals surface area contributed by atoms with Crippen molar-refractivity contribution in [3.05, 3.63) is 62.1 Å². The molecule has 3 rings (SSSR count). The molecule has 2 amide bonds. The van der Waals surface area contributed by atoms with Gasteiger partial charge in [-0.15, -0.1) is 0 Å². The van der Waals surface area contributed by atoms with Crippen LogP contribution in [-0.4, -0.2) is 35.8 Å². The minimum Gasteiger partial charge on any atom is -0.490 e. The van der Waals surface area contributed by atoms with Crippen molar-refractivity contribution in [1.82, 2.24) is 4.90 Å². The first kappa shape index (κ1) is 22.7. The Kier molecular flexibility index (Phi) is 8.21. The van der Waals surface area contributed by atoms with Gasteiger partial charge in [0.15, 0.2) is 11.5 Å². The molecule has 2 aromatic rings. The summed E-state index contributed by atoms with van der Waals surface area (Å²) in [5.41, 5.74) is 2.01. The first-order valence-electron chi connectivity index (χ1n) is 9.92. The van der Waals surface area contributed by atoms with Crippen LogP contribution in [0.1, 0.15) is 31.4 Å². The summed E-state index contributed by atoms with van der Waals surface area (Å²) < 4.78 is 12.3. The molecule has 0 N–H and O–H groups in total. The standard InChI is InChI=1S/C23H24INO4S/c1-3-28-19-14-17(13-18(24)21(19)29-4-2)15-20-22(26)25(23(27)30-20)12-8-11-16-9-6-5-7-10-16/h5-7,9-10,13-15H,3-4,8,11-12H2,1-2H3/b20-15+. The smallest absolute Gasteiger partial charge is 0.293 e. The predicted octanol–water partition coefficient (Wildman–Crippen LogP) is 5.76. The highest BCUT2D eigenvalue weighted by Gasteiger charge is 2.34. The fourth-order valence-corrected chi connectivity index (χ4v) is 4.79. The van der Waals surface area contributed by atoms with E-state index in [9.17, 15) is 9.59 Å². The van der Waals surface area contributed by atoms with E-state index in [0.29, 0.717) is 36.2 Å². The molecule has 1 aliphatic rings. The van der Waals surface area contributed by atoms with Crippen molar-refractivity contribution in [3.8, 4) is 11.5 Å². The number of amides is 2. The Morgan fingerprint density at radius 2 is 1.80 bits per heavy atom. The van der Waals surface area contributed by atoms with Crippen molar-refractivity contribution in [3.63, 3.8) is 0 Å². The lowest BCUT2D eigenvalue weighted by atomic mass is 10.1. The van der Waals surface area contributed by atoms with Crippen LogP contribution >= 0.6 is 34.4 Å². The van der Waals surface area contributed by atoms with Gasteiger partial charge in [-0.25, -0.2) is 0 Å². The second-order valence-corrected chi connectivity index (χ2v) is 8.77. The van der Waals surface area contributed by atoms with Crippen molar-refractivity contribution < 1.29 is 19.1 Å². The van der Waals surface area contributed by atoms with Gasteiger partial charge in [0, 0.05) is 6.54 Å². The Morgan fingerprint density at radius 1 is 1.07 bits per heavy atom. The third-order valence-electron chi connectivity index (χ3n) is 4.48. The van der Waals surface area contributed by atoms with E-state index in [4.69, 9.17) is 9.47 Å². The van der Waals surface area contributed by atoms with Crippen molar-refractivity contribution in [1.29, 1.82) is 0 Å². The Labute approximate surface area is 195 Å². The Bertz CT molecular complexity index is 946. The fourth-order valence-electron chi connectivity index (χ4n) is 3.15. The largest absolute Gasteiger partial charge is 0.490 e. The molecule has 1 saturated heterocycles. The number of halogens is 1. The third-order valence-corrected chi connectivity index (χ3v) is 6.19. The van der Waals surface area contributed by atoms with Crippen LogP contribution < -0.4 is 9.47 Å². The monoisotopic (exact) mass is 537 g/mol. The van der Waals surface area contributed by atoms with Gasteiger partial charge in [-0.05, 0) is 90.4 Å². The summed E-state index contributed by atoms with van der Waals surface area (Å²) in [6.07, 6.45) is 3.32. The average molecular weight is 537 g/mol.